The van der Waals surface area contributed by atoms with Crippen molar-refractivity contribution in [2.45, 2.75) is 26.8 Å². The summed E-state index contributed by atoms with van der Waals surface area (Å²) in [5, 5.41) is 7.55. The Kier molecular flexibility index (Phi) is 5.81. The highest BCUT2D eigenvalue weighted by Gasteiger charge is 2.25. The Bertz CT molecular complexity index is 823. The van der Waals surface area contributed by atoms with Gasteiger partial charge in [0.2, 0.25) is 5.91 Å². The normalized spacial score (nSPS) is 10.6. The number of carbonyl (C=O) groups excluding carboxylic acids is 3. The van der Waals surface area contributed by atoms with Crippen molar-refractivity contribution in [1.29, 1.82) is 0 Å². The molecule has 0 aliphatic rings. The van der Waals surface area contributed by atoms with Gasteiger partial charge in [-0.2, -0.15) is 5.10 Å². The average molecular weight is 385 g/mol. The number of halogens is 1. The zero-order valence-corrected chi connectivity index (χ0v) is 15.5. The van der Waals surface area contributed by atoms with Crippen LogP contribution in [0.2, 0.25) is 5.02 Å². The second-order valence-electron chi connectivity index (χ2n) is 5.24. The molecule has 0 aromatic carbocycles. The van der Waals surface area contributed by atoms with Gasteiger partial charge in [-0.15, -0.1) is 11.3 Å². The summed E-state index contributed by atoms with van der Waals surface area (Å²) >= 11 is 6.86. The maximum atomic E-state index is 12.2. The second-order valence-corrected chi connectivity index (χ2v) is 6.67. The third-order valence-corrected chi connectivity index (χ3v) is 5.06. The van der Waals surface area contributed by atoms with Crippen LogP contribution in [0.4, 0.5) is 5.00 Å². The predicted octanol–water partition coefficient (Wildman–Crippen LogP) is 2.13. The molecule has 10 heteroatoms. The Balaban J connectivity index is 2.15. The van der Waals surface area contributed by atoms with Crippen LogP contribution in [-0.4, -0.2) is 34.7 Å². The number of aromatic nitrogens is 2. The molecule has 0 spiro atoms. The minimum absolute atomic E-state index is 0.112. The Morgan fingerprint density at radius 2 is 2.08 bits per heavy atom. The van der Waals surface area contributed by atoms with Gasteiger partial charge in [-0.05, 0) is 19.4 Å². The van der Waals surface area contributed by atoms with Crippen molar-refractivity contribution in [3.63, 3.8) is 0 Å². The number of nitrogens with one attached hydrogen (secondary N) is 1. The minimum Gasteiger partial charge on any atom is -0.465 e. The molecule has 0 unspecified atom stereocenters. The van der Waals surface area contributed by atoms with Crippen LogP contribution >= 0.6 is 22.9 Å². The van der Waals surface area contributed by atoms with E-state index >= 15 is 0 Å². The number of nitrogens with two attached hydrogens (primary N) is 1. The summed E-state index contributed by atoms with van der Waals surface area (Å²) in [6, 6.07) is 0. The number of hydrogen-bond acceptors (Lipinski definition) is 6. The number of anilines is 1. The minimum atomic E-state index is -0.671. The fourth-order valence-corrected chi connectivity index (χ4v) is 3.41. The van der Waals surface area contributed by atoms with E-state index in [2.05, 4.69) is 10.4 Å². The van der Waals surface area contributed by atoms with Crippen LogP contribution < -0.4 is 11.1 Å². The van der Waals surface area contributed by atoms with Crippen molar-refractivity contribution in [3.8, 4) is 0 Å². The molecule has 2 aromatic rings. The molecular weight excluding hydrogens is 368 g/mol. The first-order valence-corrected chi connectivity index (χ1v) is 8.45. The van der Waals surface area contributed by atoms with Crippen LogP contribution in [0.1, 0.15) is 37.7 Å². The Labute approximate surface area is 152 Å². The lowest BCUT2D eigenvalue weighted by molar-refractivity contribution is -0.116. The first-order chi connectivity index (χ1) is 11.7. The fourth-order valence-electron chi connectivity index (χ4n) is 2.20. The topological polar surface area (TPSA) is 116 Å². The van der Waals surface area contributed by atoms with Gasteiger partial charge < -0.3 is 15.8 Å². The number of esters is 1. The second kappa shape index (κ2) is 7.66. The summed E-state index contributed by atoms with van der Waals surface area (Å²) in [4.78, 5) is 35.8. The number of nitrogens with zero attached hydrogens (tertiary/aromatic N) is 2. The lowest BCUT2D eigenvalue weighted by Gasteiger charge is -2.06. The van der Waals surface area contributed by atoms with Crippen LogP contribution in [0.25, 0.3) is 0 Å². The maximum absolute atomic E-state index is 12.2. The van der Waals surface area contributed by atoms with E-state index < -0.39 is 11.9 Å². The summed E-state index contributed by atoms with van der Waals surface area (Å²) < 4.78 is 6.28. The van der Waals surface area contributed by atoms with E-state index in [1.807, 2.05) is 0 Å². The predicted molar refractivity (Wildman–Crippen MR) is 94.1 cm³/mol. The maximum Gasteiger partial charge on any atom is 0.341 e. The summed E-state index contributed by atoms with van der Waals surface area (Å²) in [7, 11) is 1.22. The largest absolute Gasteiger partial charge is 0.465 e. The smallest absolute Gasteiger partial charge is 0.341 e. The first kappa shape index (κ1) is 18.9. The number of ether oxygens (including phenoxy) is 1. The highest BCUT2D eigenvalue weighted by molar-refractivity contribution is 7.18. The summed E-state index contributed by atoms with van der Waals surface area (Å²) in [6.45, 7) is 3.66. The van der Waals surface area contributed by atoms with E-state index in [4.69, 9.17) is 22.1 Å². The van der Waals surface area contributed by atoms with Crippen LogP contribution in [0.3, 0.4) is 0 Å². The SMILES string of the molecule is COC(=O)c1c(NC(=O)CCn2cc(Cl)c(C)n2)sc(C(N)=O)c1C. The molecule has 0 fully saturated rings. The summed E-state index contributed by atoms with van der Waals surface area (Å²) in [5.41, 5.74) is 6.49. The monoisotopic (exact) mass is 384 g/mol. The molecule has 2 amide bonds. The number of methoxy groups -OCH3 is 1. The molecule has 3 N–H and O–H groups in total. The lowest BCUT2D eigenvalue weighted by atomic mass is 10.1. The molecule has 0 atom stereocenters. The Morgan fingerprint density at radius 1 is 1.40 bits per heavy atom. The molecule has 0 aliphatic carbocycles. The van der Waals surface area contributed by atoms with Gasteiger partial charge in [0, 0.05) is 19.2 Å². The molecule has 0 saturated carbocycles. The number of carbonyl (C=O) groups is 3. The van der Waals surface area contributed by atoms with E-state index in [0.29, 0.717) is 22.8 Å². The number of amides is 2. The van der Waals surface area contributed by atoms with Crippen molar-refractivity contribution in [2.24, 2.45) is 5.73 Å². The van der Waals surface area contributed by atoms with Gasteiger partial charge in [0.25, 0.3) is 5.91 Å². The molecule has 0 bridgehead atoms. The van der Waals surface area contributed by atoms with Crippen LogP contribution in [0.5, 0.6) is 0 Å². The fraction of sp³-hybridized carbons (Fsp3) is 0.333. The van der Waals surface area contributed by atoms with Crippen LogP contribution in [0, 0.1) is 13.8 Å². The van der Waals surface area contributed by atoms with Gasteiger partial charge >= 0.3 is 5.97 Å². The Hall–Kier alpha value is -2.39. The van der Waals surface area contributed by atoms with Gasteiger partial charge in [-0.25, -0.2) is 4.79 Å². The number of rotatable bonds is 6. The molecule has 2 rings (SSSR count). The van der Waals surface area contributed by atoms with Crippen LogP contribution in [-0.2, 0) is 16.1 Å². The summed E-state index contributed by atoms with van der Waals surface area (Å²) in [5.74, 6) is -1.66. The van der Waals surface area contributed by atoms with Gasteiger partial charge in [0.15, 0.2) is 0 Å². The van der Waals surface area contributed by atoms with Crippen molar-refractivity contribution >= 4 is 45.7 Å². The highest BCUT2D eigenvalue weighted by Crippen LogP contribution is 2.33. The number of primary amides is 1. The molecule has 2 aromatic heterocycles. The van der Waals surface area contributed by atoms with Gasteiger partial charge in [-0.3, -0.25) is 14.3 Å². The first-order valence-electron chi connectivity index (χ1n) is 7.25. The van der Waals surface area contributed by atoms with E-state index in [0.717, 1.165) is 11.3 Å². The van der Waals surface area contributed by atoms with Crippen molar-refractivity contribution in [3.05, 3.63) is 32.9 Å². The van der Waals surface area contributed by atoms with E-state index in [-0.39, 0.29) is 27.8 Å². The highest BCUT2D eigenvalue weighted by atomic mass is 35.5. The molecular formula is C15H17ClN4O4S. The molecule has 25 heavy (non-hydrogen) atoms. The van der Waals surface area contributed by atoms with Gasteiger partial charge in [-0.1, -0.05) is 11.6 Å². The average Bonchev–Trinajstić information content (AvgIpc) is 3.04. The third kappa shape index (κ3) is 4.18. The molecule has 8 nitrogen and oxygen atoms in total. The van der Waals surface area contributed by atoms with Gasteiger partial charge in [0.1, 0.15) is 5.00 Å². The molecule has 0 radical (unpaired) electrons. The van der Waals surface area contributed by atoms with E-state index in [1.54, 1.807) is 24.7 Å². The molecule has 0 aliphatic heterocycles. The lowest BCUT2D eigenvalue weighted by Crippen LogP contribution is -2.16. The Morgan fingerprint density at radius 3 is 2.60 bits per heavy atom. The number of hydrogen-bond donors (Lipinski definition) is 2. The molecule has 2 heterocycles. The van der Waals surface area contributed by atoms with Crippen molar-refractivity contribution in [2.75, 3.05) is 12.4 Å². The molecule has 134 valence electrons. The zero-order valence-electron chi connectivity index (χ0n) is 13.9. The zero-order chi connectivity index (χ0) is 18.7. The number of aryl methyl sites for hydroxylation is 2. The standard InChI is InChI=1S/C15H17ClN4O4S/c1-7-11(15(23)24-3)14(25-12(7)13(17)22)18-10(21)4-5-20-6-9(16)8(2)19-20/h6H,4-5H2,1-3H3,(H2,17,22)(H,18,21). The van der Waals surface area contributed by atoms with Crippen molar-refractivity contribution < 1.29 is 19.1 Å². The van der Waals surface area contributed by atoms with Gasteiger partial charge in [0.05, 0.1) is 28.3 Å². The van der Waals surface area contributed by atoms with Crippen molar-refractivity contribution in [1.82, 2.24) is 9.78 Å². The van der Waals surface area contributed by atoms with E-state index in [1.165, 1.54) is 7.11 Å². The summed E-state index contributed by atoms with van der Waals surface area (Å²) in [6.07, 6.45) is 1.74. The van der Waals surface area contributed by atoms with E-state index in [9.17, 15) is 14.4 Å². The third-order valence-electron chi connectivity index (χ3n) is 3.47. The molecule has 0 saturated heterocycles. The number of thiophene rings is 1. The quantitative estimate of drug-likeness (QED) is 0.740. The van der Waals surface area contributed by atoms with Crippen LogP contribution in [0.15, 0.2) is 6.20 Å².